The van der Waals surface area contributed by atoms with E-state index in [4.69, 9.17) is 4.42 Å². The molecule has 0 fully saturated rings. The monoisotopic (exact) mass is 353 g/mol. The van der Waals surface area contributed by atoms with Gasteiger partial charge in [0.15, 0.2) is 0 Å². The molecule has 0 aliphatic rings. The summed E-state index contributed by atoms with van der Waals surface area (Å²) in [6.45, 7) is 5.98. The normalized spacial score (nSPS) is 10.7. The van der Waals surface area contributed by atoms with Crippen LogP contribution in [0.4, 0.5) is 6.01 Å². The van der Waals surface area contributed by atoms with Crippen LogP contribution < -0.4 is 5.32 Å². The lowest BCUT2D eigenvalue weighted by atomic mass is 10.1. The molecule has 128 valence electrons. The third-order valence-corrected chi connectivity index (χ3v) is 4.59. The second-order valence-electron chi connectivity index (χ2n) is 5.92. The second-order valence-corrected chi connectivity index (χ2v) is 6.85. The molecule has 1 N–H and O–H groups in total. The number of carbonyl (C=O) groups excluding carboxylic acids is 1. The van der Waals surface area contributed by atoms with Gasteiger partial charge in [-0.2, -0.15) is 0 Å². The van der Waals surface area contributed by atoms with Crippen molar-refractivity contribution in [2.45, 2.75) is 31.7 Å². The summed E-state index contributed by atoms with van der Waals surface area (Å²) in [5, 5.41) is 10.9. The summed E-state index contributed by atoms with van der Waals surface area (Å²) in [5.41, 5.74) is 5.07. The van der Waals surface area contributed by atoms with Crippen molar-refractivity contribution in [2.24, 2.45) is 0 Å². The number of nitrogens with zero attached hydrogens (tertiary/aromatic N) is 2. The Kier molecular flexibility index (Phi) is 5.19. The molecule has 1 amide bonds. The molecular formula is C19H19N3O2S. The van der Waals surface area contributed by atoms with E-state index < -0.39 is 0 Å². The first-order chi connectivity index (χ1) is 12.0. The zero-order chi connectivity index (χ0) is 17.8. The van der Waals surface area contributed by atoms with Crippen molar-refractivity contribution in [1.82, 2.24) is 10.2 Å². The molecule has 2 aromatic carbocycles. The number of amides is 1. The summed E-state index contributed by atoms with van der Waals surface area (Å²) in [5.74, 6) is 0.477. The number of thioether (sulfide) groups is 1. The Morgan fingerprint density at radius 2 is 1.80 bits per heavy atom. The number of nitrogens with one attached hydrogen (secondary N) is 1. The zero-order valence-electron chi connectivity index (χ0n) is 14.4. The van der Waals surface area contributed by atoms with Crippen LogP contribution in [0.1, 0.15) is 32.6 Å². The van der Waals surface area contributed by atoms with E-state index in [2.05, 4.69) is 34.6 Å². The number of rotatable bonds is 5. The summed E-state index contributed by atoms with van der Waals surface area (Å²) in [6.07, 6.45) is 0. The van der Waals surface area contributed by atoms with E-state index in [1.807, 2.05) is 44.2 Å². The molecular weight excluding hydrogens is 334 g/mol. The number of aromatic nitrogens is 2. The molecule has 0 saturated carbocycles. The number of benzene rings is 2. The molecule has 0 atom stereocenters. The lowest BCUT2D eigenvalue weighted by molar-refractivity contribution is 0.102. The van der Waals surface area contributed by atoms with Crippen LogP contribution in [0.2, 0.25) is 0 Å². The van der Waals surface area contributed by atoms with Crippen LogP contribution >= 0.6 is 11.8 Å². The highest BCUT2D eigenvalue weighted by molar-refractivity contribution is 7.98. The Bertz CT molecular complexity index is 885. The van der Waals surface area contributed by atoms with Crippen LogP contribution in [0.15, 0.2) is 52.1 Å². The van der Waals surface area contributed by atoms with Crippen LogP contribution in [0.25, 0.3) is 0 Å². The summed E-state index contributed by atoms with van der Waals surface area (Å²) in [6, 6.07) is 13.9. The van der Waals surface area contributed by atoms with Gasteiger partial charge in [-0.15, -0.1) is 0 Å². The fourth-order valence-electron chi connectivity index (χ4n) is 2.51. The molecule has 25 heavy (non-hydrogen) atoms. The third kappa shape index (κ3) is 4.48. The van der Waals surface area contributed by atoms with Gasteiger partial charge in [0.25, 0.3) is 11.1 Å². The van der Waals surface area contributed by atoms with Crippen LogP contribution in [0.5, 0.6) is 0 Å². The minimum atomic E-state index is -0.258. The highest BCUT2D eigenvalue weighted by Crippen LogP contribution is 2.24. The minimum absolute atomic E-state index is 0.108. The highest BCUT2D eigenvalue weighted by Gasteiger charge is 2.13. The topological polar surface area (TPSA) is 68.0 Å². The molecule has 3 rings (SSSR count). The molecule has 6 heteroatoms. The van der Waals surface area contributed by atoms with Crippen molar-refractivity contribution >= 4 is 23.7 Å². The average molecular weight is 353 g/mol. The SMILES string of the molecule is Cc1cc(C)cc(C(=O)Nc2nnc(SCc3ccccc3C)o2)c1. The van der Waals surface area contributed by atoms with Gasteiger partial charge in [0, 0.05) is 11.3 Å². The molecule has 1 aromatic heterocycles. The van der Waals surface area contributed by atoms with E-state index in [-0.39, 0.29) is 11.9 Å². The lowest BCUT2D eigenvalue weighted by Gasteiger charge is -2.04. The maximum atomic E-state index is 12.3. The Morgan fingerprint density at radius 1 is 1.08 bits per heavy atom. The number of anilines is 1. The van der Waals surface area contributed by atoms with Crippen molar-refractivity contribution in [1.29, 1.82) is 0 Å². The van der Waals surface area contributed by atoms with Gasteiger partial charge in [-0.25, -0.2) is 0 Å². The van der Waals surface area contributed by atoms with Crippen molar-refractivity contribution in [3.8, 4) is 0 Å². The fraction of sp³-hybridized carbons (Fsp3) is 0.211. The highest BCUT2D eigenvalue weighted by atomic mass is 32.2. The first-order valence-corrected chi connectivity index (χ1v) is 8.90. The molecule has 5 nitrogen and oxygen atoms in total. The first kappa shape index (κ1) is 17.2. The van der Waals surface area contributed by atoms with Gasteiger partial charge >= 0.3 is 6.01 Å². The van der Waals surface area contributed by atoms with Crippen molar-refractivity contribution in [2.75, 3.05) is 5.32 Å². The Morgan fingerprint density at radius 3 is 2.52 bits per heavy atom. The van der Waals surface area contributed by atoms with E-state index in [0.29, 0.717) is 10.8 Å². The van der Waals surface area contributed by atoms with Crippen LogP contribution in [-0.4, -0.2) is 16.1 Å². The molecule has 0 radical (unpaired) electrons. The second kappa shape index (κ2) is 7.53. The molecule has 1 heterocycles. The number of aryl methyl sites for hydroxylation is 3. The largest absolute Gasteiger partial charge is 0.398 e. The lowest BCUT2D eigenvalue weighted by Crippen LogP contribution is -2.12. The maximum absolute atomic E-state index is 12.3. The standard InChI is InChI=1S/C19H19N3O2S/c1-12-8-13(2)10-16(9-12)17(23)20-18-21-22-19(24-18)25-11-15-7-5-4-6-14(15)3/h4-10H,11H2,1-3H3,(H,20,21,23). The summed E-state index contributed by atoms with van der Waals surface area (Å²) >= 11 is 1.44. The van der Waals surface area contributed by atoms with Crippen molar-refractivity contribution in [3.05, 3.63) is 70.3 Å². The molecule has 0 bridgehead atoms. The Balaban J connectivity index is 1.63. The zero-order valence-corrected chi connectivity index (χ0v) is 15.2. The van der Waals surface area contributed by atoms with E-state index in [1.54, 1.807) is 0 Å². The van der Waals surface area contributed by atoms with Crippen LogP contribution in [-0.2, 0) is 5.75 Å². The van der Waals surface area contributed by atoms with Gasteiger partial charge in [-0.3, -0.25) is 10.1 Å². The maximum Gasteiger partial charge on any atom is 0.323 e. The molecule has 0 aliphatic carbocycles. The van der Waals surface area contributed by atoms with Crippen molar-refractivity contribution in [3.63, 3.8) is 0 Å². The Hall–Kier alpha value is -2.60. The molecule has 0 spiro atoms. The predicted octanol–water partition coefficient (Wildman–Crippen LogP) is 4.54. The van der Waals surface area contributed by atoms with Crippen LogP contribution in [0.3, 0.4) is 0 Å². The van der Waals surface area contributed by atoms with Gasteiger partial charge in [-0.05, 0) is 44.0 Å². The van der Waals surface area contributed by atoms with Crippen molar-refractivity contribution < 1.29 is 9.21 Å². The quantitative estimate of drug-likeness (QED) is 0.682. The van der Waals surface area contributed by atoms with Gasteiger partial charge in [-0.1, -0.05) is 63.4 Å². The summed E-state index contributed by atoms with van der Waals surface area (Å²) < 4.78 is 5.51. The van der Waals surface area contributed by atoms with Gasteiger partial charge in [0.05, 0.1) is 0 Å². The predicted molar refractivity (Wildman–Crippen MR) is 98.9 cm³/mol. The van der Waals surface area contributed by atoms with Gasteiger partial charge < -0.3 is 4.42 Å². The van der Waals surface area contributed by atoms with Gasteiger partial charge in [0.1, 0.15) is 0 Å². The smallest absolute Gasteiger partial charge is 0.323 e. The summed E-state index contributed by atoms with van der Waals surface area (Å²) in [7, 11) is 0. The van der Waals surface area contributed by atoms with E-state index >= 15 is 0 Å². The number of carbonyl (C=O) groups is 1. The fourth-order valence-corrected chi connectivity index (χ4v) is 3.34. The molecule has 3 aromatic rings. The average Bonchev–Trinajstić information content (AvgIpc) is 3.00. The molecule has 0 aliphatic heterocycles. The van der Waals surface area contributed by atoms with E-state index in [9.17, 15) is 4.79 Å². The van der Waals surface area contributed by atoms with Crippen LogP contribution in [0, 0.1) is 20.8 Å². The molecule has 0 unspecified atom stereocenters. The Labute approximate surface area is 150 Å². The first-order valence-electron chi connectivity index (χ1n) is 7.92. The van der Waals surface area contributed by atoms with E-state index in [1.165, 1.54) is 22.9 Å². The van der Waals surface area contributed by atoms with E-state index in [0.717, 1.165) is 16.9 Å². The number of hydrogen-bond donors (Lipinski definition) is 1. The minimum Gasteiger partial charge on any atom is -0.398 e. The summed E-state index contributed by atoms with van der Waals surface area (Å²) in [4.78, 5) is 12.3. The number of hydrogen-bond acceptors (Lipinski definition) is 5. The molecule has 0 saturated heterocycles. The third-order valence-electron chi connectivity index (χ3n) is 3.72. The van der Waals surface area contributed by atoms with Gasteiger partial charge in [0.2, 0.25) is 0 Å².